The number of benzene rings is 2. The lowest BCUT2D eigenvalue weighted by Crippen LogP contribution is -2.26. The third-order valence-corrected chi connectivity index (χ3v) is 3.81. The van der Waals surface area contributed by atoms with Crippen LogP contribution >= 0.6 is 23.2 Å². The number of pyridine rings is 1. The highest BCUT2D eigenvalue weighted by Gasteiger charge is 2.22. The SMILES string of the molecule is O=C(c1cccnc1Cl)N(c1ccccc1)c1cccc(Cl)c1. The molecule has 2 aromatic carbocycles. The van der Waals surface area contributed by atoms with E-state index in [1.807, 2.05) is 36.4 Å². The molecule has 5 heteroatoms. The summed E-state index contributed by atoms with van der Waals surface area (Å²) in [5.41, 5.74) is 1.71. The molecule has 0 aliphatic carbocycles. The third-order valence-electron chi connectivity index (χ3n) is 3.27. The van der Waals surface area contributed by atoms with Crippen LogP contribution in [0.15, 0.2) is 72.9 Å². The molecule has 0 aliphatic rings. The van der Waals surface area contributed by atoms with Gasteiger partial charge in [-0.25, -0.2) is 4.98 Å². The Kier molecular flexibility index (Phi) is 4.60. The quantitative estimate of drug-likeness (QED) is 0.599. The number of carbonyl (C=O) groups is 1. The zero-order valence-corrected chi connectivity index (χ0v) is 13.5. The molecule has 114 valence electrons. The van der Waals surface area contributed by atoms with Crippen LogP contribution in [0.3, 0.4) is 0 Å². The van der Waals surface area contributed by atoms with Gasteiger partial charge in [-0.15, -0.1) is 0 Å². The molecule has 1 amide bonds. The largest absolute Gasteiger partial charge is 0.277 e. The Balaban J connectivity index is 2.13. The van der Waals surface area contributed by atoms with Crippen LogP contribution in [0.5, 0.6) is 0 Å². The van der Waals surface area contributed by atoms with Gasteiger partial charge in [-0.3, -0.25) is 9.69 Å². The number of halogens is 2. The van der Waals surface area contributed by atoms with Gasteiger partial charge in [0.15, 0.2) is 0 Å². The molecule has 0 spiro atoms. The molecule has 1 heterocycles. The fourth-order valence-electron chi connectivity index (χ4n) is 2.24. The summed E-state index contributed by atoms with van der Waals surface area (Å²) in [5.74, 6) is -0.267. The number of anilines is 2. The Hall–Kier alpha value is -2.36. The van der Waals surface area contributed by atoms with Crippen molar-refractivity contribution >= 4 is 40.5 Å². The van der Waals surface area contributed by atoms with Gasteiger partial charge in [-0.05, 0) is 42.5 Å². The molecule has 3 nitrogen and oxygen atoms in total. The first-order chi connectivity index (χ1) is 11.2. The first kappa shape index (κ1) is 15.5. The zero-order valence-electron chi connectivity index (χ0n) is 12.0. The Morgan fingerprint density at radius 2 is 1.61 bits per heavy atom. The number of hydrogen-bond donors (Lipinski definition) is 0. The van der Waals surface area contributed by atoms with Crippen LogP contribution in [-0.4, -0.2) is 10.9 Å². The summed E-state index contributed by atoms with van der Waals surface area (Å²) in [5, 5.41) is 0.717. The van der Waals surface area contributed by atoms with Crippen molar-refractivity contribution < 1.29 is 4.79 Å². The molecule has 0 atom stereocenters. The molecule has 0 aliphatic heterocycles. The number of amides is 1. The molecule has 0 bridgehead atoms. The van der Waals surface area contributed by atoms with Crippen molar-refractivity contribution in [2.75, 3.05) is 4.90 Å². The van der Waals surface area contributed by atoms with Crippen LogP contribution in [0.1, 0.15) is 10.4 Å². The average molecular weight is 343 g/mol. The van der Waals surface area contributed by atoms with Gasteiger partial charge in [0, 0.05) is 16.9 Å². The smallest absolute Gasteiger partial charge is 0.265 e. The molecule has 1 aromatic heterocycles. The van der Waals surface area contributed by atoms with E-state index in [4.69, 9.17) is 23.2 Å². The van der Waals surface area contributed by atoms with E-state index >= 15 is 0 Å². The number of para-hydroxylation sites is 1. The first-order valence-corrected chi connectivity index (χ1v) is 7.68. The normalized spacial score (nSPS) is 10.3. The summed E-state index contributed by atoms with van der Waals surface area (Å²) in [4.78, 5) is 18.6. The summed E-state index contributed by atoms with van der Waals surface area (Å²) < 4.78 is 0. The number of carbonyl (C=O) groups excluding carboxylic acids is 1. The second-order valence-corrected chi connectivity index (χ2v) is 5.59. The van der Waals surface area contributed by atoms with E-state index in [1.54, 1.807) is 41.4 Å². The lowest BCUT2D eigenvalue weighted by Gasteiger charge is -2.23. The number of nitrogens with zero attached hydrogens (tertiary/aromatic N) is 2. The van der Waals surface area contributed by atoms with Crippen molar-refractivity contribution in [2.45, 2.75) is 0 Å². The molecular formula is C18H12Cl2N2O. The fourth-order valence-corrected chi connectivity index (χ4v) is 2.63. The minimum absolute atomic E-state index is 0.167. The Labute approximate surface area is 144 Å². The van der Waals surface area contributed by atoms with Gasteiger partial charge in [0.05, 0.1) is 11.3 Å². The average Bonchev–Trinajstić information content (AvgIpc) is 2.56. The van der Waals surface area contributed by atoms with Gasteiger partial charge in [0.25, 0.3) is 5.91 Å². The maximum Gasteiger partial charge on any atom is 0.265 e. The minimum Gasteiger partial charge on any atom is -0.277 e. The monoisotopic (exact) mass is 342 g/mol. The van der Waals surface area contributed by atoms with E-state index in [0.29, 0.717) is 16.3 Å². The van der Waals surface area contributed by atoms with Crippen LogP contribution < -0.4 is 4.90 Å². The second kappa shape index (κ2) is 6.82. The molecular weight excluding hydrogens is 331 g/mol. The van der Waals surface area contributed by atoms with E-state index < -0.39 is 0 Å². The third kappa shape index (κ3) is 3.36. The van der Waals surface area contributed by atoms with E-state index in [0.717, 1.165) is 5.69 Å². The molecule has 23 heavy (non-hydrogen) atoms. The van der Waals surface area contributed by atoms with Gasteiger partial charge < -0.3 is 0 Å². The van der Waals surface area contributed by atoms with Gasteiger partial charge in [-0.2, -0.15) is 0 Å². The number of rotatable bonds is 3. The van der Waals surface area contributed by atoms with Crippen molar-refractivity contribution in [3.8, 4) is 0 Å². The highest BCUT2D eigenvalue weighted by molar-refractivity contribution is 6.34. The number of hydrogen-bond acceptors (Lipinski definition) is 2. The summed E-state index contributed by atoms with van der Waals surface area (Å²) in [6.07, 6.45) is 1.55. The molecule has 0 fully saturated rings. The zero-order chi connectivity index (χ0) is 16.2. The van der Waals surface area contributed by atoms with Crippen LogP contribution in [0.25, 0.3) is 0 Å². The van der Waals surface area contributed by atoms with Crippen LogP contribution in [-0.2, 0) is 0 Å². The van der Waals surface area contributed by atoms with Crippen molar-refractivity contribution in [2.24, 2.45) is 0 Å². The maximum absolute atomic E-state index is 13.0. The Morgan fingerprint density at radius 1 is 0.870 bits per heavy atom. The van der Waals surface area contributed by atoms with Crippen molar-refractivity contribution in [3.05, 3.63) is 88.7 Å². The van der Waals surface area contributed by atoms with Crippen molar-refractivity contribution in [1.29, 1.82) is 0 Å². The molecule has 0 saturated carbocycles. The predicted molar refractivity (Wildman–Crippen MR) is 93.6 cm³/mol. The maximum atomic E-state index is 13.0. The van der Waals surface area contributed by atoms with Gasteiger partial charge in [0.2, 0.25) is 0 Å². The van der Waals surface area contributed by atoms with Gasteiger partial charge in [0.1, 0.15) is 5.15 Å². The fraction of sp³-hybridized carbons (Fsp3) is 0. The van der Waals surface area contributed by atoms with Gasteiger partial charge in [-0.1, -0.05) is 47.5 Å². The second-order valence-electron chi connectivity index (χ2n) is 4.80. The topological polar surface area (TPSA) is 33.2 Å². The molecule has 0 unspecified atom stereocenters. The van der Waals surface area contributed by atoms with Crippen LogP contribution in [0.2, 0.25) is 10.2 Å². The van der Waals surface area contributed by atoms with E-state index in [1.165, 1.54) is 0 Å². The number of aromatic nitrogens is 1. The lowest BCUT2D eigenvalue weighted by atomic mass is 10.2. The van der Waals surface area contributed by atoms with Gasteiger partial charge >= 0.3 is 0 Å². The predicted octanol–water partition coefficient (Wildman–Crippen LogP) is 5.37. The molecule has 0 radical (unpaired) electrons. The Bertz CT molecular complexity index is 837. The summed E-state index contributed by atoms with van der Waals surface area (Å²) in [6, 6.07) is 19.8. The minimum atomic E-state index is -0.267. The summed E-state index contributed by atoms with van der Waals surface area (Å²) in [7, 11) is 0. The summed E-state index contributed by atoms with van der Waals surface area (Å²) >= 11 is 12.2. The van der Waals surface area contributed by atoms with Crippen molar-refractivity contribution in [1.82, 2.24) is 4.98 Å². The highest BCUT2D eigenvalue weighted by atomic mass is 35.5. The van der Waals surface area contributed by atoms with E-state index in [-0.39, 0.29) is 11.1 Å². The first-order valence-electron chi connectivity index (χ1n) is 6.92. The lowest BCUT2D eigenvalue weighted by molar-refractivity contribution is 0.0999. The standard InChI is InChI=1S/C18H12Cl2N2O/c19-13-6-4-9-15(12-13)22(14-7-2-1-3-8-14)18(23)16-10-5-11-21-17(16)20/h1-12H. The van der Waals surface area contributed by atoms with Crippen LogP contribution in [0.4, 0.5) is 11.4 Å². The molecule has 0 N–H and O–H groups in total. The molecule has 0 saturated heterocycles. The Morgan fingerprint density at radius 3 is 2.30 bits per heavy atom. The molecule has 3 rings (SSSR count). The molecule has 3 aromatic rings. The van der Waals surface area contributed by atoms with E-state index in [9.17, 15) is 4.79 Å². The van der Waals surface area contributed by atoms with Crippen molar-refractivity contribution in [3.63, 3.8) is 0 Å². The summed E-state index contributed by atoms with van der Waals surface area (Å²) in [6.45, 7) is 0. The van der Waals surface area contributed by atoms with Crippen LogP contribution in [0, 0.1) is 0 Å². The van der Waals surface area contributed by atoms with E-state index in [2.05, 4.69) is 4.98 Å². The highest BCUT2D eigenvalue weighted by Crippen LogP contribution is 2.30.